The van der Waals surface area contributed by atoms with Gasteiger partial charge >= 0.3 is 0 Å². The van der Waals surface area contributed by atoms with Crippen LogP contribution in [0, 0.1) is 6.92 Å². The number of rotatable bonds is 5. The number of hydrogen-bond acceptors (Lipinski definition) is 0. The first-order valence-electron chi connectivity index (χ1n) is 6.56. The molecule has 2 rings (SSSR count). The summed E-state index contributed by atoms with van der Waals surface area (Å²) in [4.78, 5) is 0. The van der Waals surface area contributed by atoms with Gasteiger partial charge in [0.1, 0.15) is 18.1 Å². The van der Waals surface area contributed by atoms with Crippen LogP contribution in [0.5, 0.6) is 0 Å². The summed E-state index contributed by atoms with van der Waals surface area (Å²) in [5, 5.41) is 0. The van der Waals surface area contributed by atoms with E-state index in [9.17, 15) is 0 Å². The van der Waals surface area contributed by atoms with E-state index < -0.39 is 0 Å². The third kappa shape index (κ3) is 3.48. The van der Waals surface area contributed by atoms with E-state index in [0.717, 1.165) is 12.1 Å². The van der Waals surface area contributed by atoms with Gasteiger partial charge in [-0.05, 0) is 24.1 Å². The summed E-state index contributed by atoms with van der Waals surface area (Å²) in [5.74, 6) is 1.27. The number of benzene rings is 1. The molecule has 2 nitrogen and oxygen atoms in total. The Morgan fingerprint density at radius 3 is 2.53 bits per heavy atom. The highest BCUT2D eigenvalue weighted by Gasteiger charge is 2.13. The number of nitrogens with zero attached hydrogens (tertiary/aromatic N) is 2. The quantitative estimate of drug-likeness (QED) is 0.704. The fourth-order valence-corrected chi connectivity index (χ4v) is 2.11. The van der Waals surface area contributed by atoms with E-state index in [1.54, 1.807) is 0 Å². The fraction of sp³-hybridized carbons (Fsp3) is 0.312. The lowest BCUT2D eigenvalue weighted by atomic mass is 10.2. The Labute approximate surface area is 121 Å². The third-order valence-corrected chi connectivity index (χ3v) is 3.32. The molecular weight excluding hydrogens is 256 g/mol. The molecule has 3 heteroatoms. The van der Waals surface area contributed by atoms with Crippen molar-refractivity contribution < 1.29 is 17.0 Å². The van der Waals surface area contributed by atoms with E-state index in [0.29, 0.717) is 0 Å². The Morgan fingerprint density at radius 2 is 1.95 bits per heavy atom. The van der Waals surface area contributed by atoms with Crippen molar-refractivity contribution in [3.8, 4) is 5.69 Å². The summed E-state index contributed by atoms with van der Waals surface area (Å²) >= 11 is 0. The highest BCUT2D eigenvalue weighted by atomic mass is 35.5. The molecule has 0 fully saturated rings. The minimum Gasteiger partial charge on any atom is -1.00 e. The Kier molecular flexibility index (Phi) is 5.84. The second-order valence-corrected chi connectivity index (χ2v) is 4.56. The van der Waals surface area contributed by atoms with Gasteiger partial charge in [-0.1, -0.05) is 38.1 Å². The maximum Gasteiger partial charge on any atom is 0.258 e. The molecule has 0 N–H and O–H groups in total. The van der Waals surface area contributed by atoms with Crippen LogP contribution < -0.4 is 17.0 Å². The highest BCUT2D eigenvalue weighted by Crippen LogP contribution is 2.07. The van der Waals surface area contributed by atoms with E-state index in [4.69, 9.17) is 0 Å². The maximum atomic E-state index is 3.78. The number of imidazole rings is 1. The monoisotopic (exact) mass is 276 g/mol. The zero-order chi connectivity index (χ0) is 13.0. The van der Waals surface area contributed by atoms with Gasteiger partial charge in [0.15, 0.2) is 0 Å². The van der Waals surface area contributed by atoms with Crippen molar-refractivity contribution in [2.24, 2.45) is 0 Å². The fourth-order valence-electron chi connectivity index (χ4n) is 2.11. The van der Waals surface area contributed by atoms with E-state index in [1.807, 2.05) is 6.08 Å². The predicted molar refractivity (Wildman–Crippen MR) is 75.7 cm³/mol. The number of unbranched alkanes of at least 4 members (excludes halogenated alkanes) is 1. The average molecular weight is 277 g/mol. The normalized spacial score (nSPS) is 10.0. The first kappa shape index (κ1) is 15.5. The predicted octanol–water partition coefficient (Wildman–Crippen LogP) is 0.520. The highest BCUT2D eigenvalue weighted by molar-refractivity contribution is 5.48. The van der Waals surface area contributed by atoms with Crippen LogP contribution in [0.2, 0.25) is 0 Å². The Morgan fingerprint density at radius 1 is 1.26 bits per heavy atom. The largest absolute Gasteiger partial charge is 1.00 e. The number of halogens is 1. The van der Waals surface area contributed by atoms with Gasteiger partial charge < -0.3 is 12.4 Å². The second kappa shape index (κ2) is 7.15. The number of aromatic nitrogens is 2. The molecule has 0 atom stereocenters. The lowest BCUT2D eigenvalue weighted by Crippen LogP contribution is -3.00. The molecule has 1 aromatic carbocycles. The summed E-state index contributed by atoms with van der Waals surface area (Å²) in [7, 11) is 0. The molecule has 1 aromatic heterocycles. The van der Waals surface area contributed by atoms with Crippen LogP contribution in [-0.2, 0) is 6.54 Å². The summed E-state index contributed by atoms with van der Waals surface area (Å²) < 4.78 is 4.54. The van der Waals surface area contributed by atoms with Crippen molar-refractivity contribution >= 4 is 6.08 Å². The molecule has 0 amide bonds. The smallest absolute Gasteiger partial charge is 0.258 e. The van der Waals surface area contributed by atoms with Crippen molar-refractivity contribution in [3.63, 3.8) is 0 Å². The lowest BCUT2D eigenvalue weighted by molar-refractivity contribution is -0.602. The Balaban J connectivity index is 0.00000180. The molecule has 0 aliphatic carbocycles. The zero-order valence-corrected chi connectivity index (χ0v) is 12.4. The van der Waals surface area contributed by atoms with Gasteiger partial charge in [-0.25, -0.2) is 9.13 Å². The molecule has 0 unspecified atom stereocenters. The van der Waals surface area contributed by atoms with Crippen LogP contribution in [-0.4, -0.2) is 4.57 Å². The second-order valence-electron chi connectivity index (χ2n) is 4.56. The van der Waals surface area contributed by atoms with Crippen LogP contribution in [0.4, 0.5) is 0 Å². The Hall–Kier alpha value is -1.54. The molecule has 0 saturated carbocycles. The summed E-state index contributed by atoms with van der Waals surface area (Å²) in [6.45, 7) is 9.26. The number of aryl methyl sites for hydroxylation is 1. The summed E-state index contributed by atoms with van der Waals surface area (Å²) in [5.41, 5.74) is 2.36. The molecule has 1 heterocycles. The van der Waals surface area contributed by atoms with Crippen molar-refractivity contribution in [3.05, 3.63) is 54.6 Å². The first-order valence-corrected chi connectivity index (χ1v) is 6.56. The standard InChI is InChI=1S/C16H21N2.ClH/c1-4-6-11-17-12-13-18(14(17)3)16-9-7-15(5-2)8-10-16;/h5,7-10,12-13H,2,4,6,11H2,1,3H3;1H/q+1;/p-1. The van der Waals surface area contributed by atoms with Crippen LogP contribution in [0.3, 0.4) is 0 Å². The summed E-state index contributed by atoms with van der Waals surface area (Å²) in [6.07, 6.45) is 8.62. The molecule has 0 spiro atoms. The lowest BCUT2D eigenvalue weighted by Gasteiger charge is -2.01. The van der Waals surface area contributed by atoms with Gasteiger partial charge in [0.2, 0.25) is 0 Å². The van der Waals surface area contributed by atoms with E-state index in [1.165, 1.54) is 24.4 Å². The molecule has 0 aliphatic heterocycles. The van der Waals surface area contributed by atoms with Crippen LogP contribution in [0.1, 0.15) is 31.2 Å². The van der Waals surface area contributed by atoms with Crippen LogP contribution in [0.15, 0.2) is 43.2 Å². The minimum atomic E-state index is 0. The van der Waals surface area contributed by atoms with Gasteiger partial charge in [0, 0.05) is 6.92 Å². The molecule has 0 radical (unpaired) electrons. The molecule has 102 valence electrons. The molecular formula is C16H21ClN2. The van der Waals surface area contributed by atoms with E-state index in [-0.39, 0.29) is 12.4 Å². The average Bonchev–Trinajstić information content (AvgIpc) is 2.78. The third-order valence-electron chi connectivity index (χ3n) is 3.32. The minimum absolute atomic E-state index is 0. The van der Waals surface area contributed by atoms with Gasteiger partial charge in [0.05, 0.1) is 6.54 Å². The van der Waals surface area contributed by atoms with Gasteiger partial charge in [-0.2, -0.15) is 0 Å². The van der Waals surface area contributed by atoms with E-state index >= 15 is 0 Å². The molecule has 19 heavy (non-hydrogen) atoms. The van der Waals surface area contributed by atoms with Crippen molar-refractivity contribution in [1.82, 2.24) is 4.57 Å². The molecule has 2 aromatic rings. The Bertz CT molecular complexity index is 526. The SMILES string of the molecule is C=Cc1ccc(-[n+]2ccn(CCCC)c2C)cc1.[Cl-]. The van der Waals surface area contributed by atoms with E-state index in [2.05, 4.69) is 66.2 Å². The van der Waals surface area contributed by atoms with Gasteiger partial charge in [-0.3, -0.25) is 0 Å². The molecule has 0 aliphatic rings. The topological polar surface area (TPSA) is 8.81 Å². The van der Waals surface area contributed by atoms with Crippen molar-refractivity contribution in [2.45, 2.75) is 33.2 Å². The van der Waals surface area contributed by atoms with Crippen molar-refractivity contribution in [2.75, 3.05) is 0 Å². The number of hydrogen-bond donors (Lipinski definition) is 0. The van der Waals surface area contributed by atoms with Crippen LogP contribution in [0.25, 0.3) is 11.8 Å². The van der Waals surface area contributed by atoms with Crippen LogP contribution >= 0.6 is 0 Å². The molecule has 0 bridgehead atoms. The first-order chi connectivity index (χ1) is 8.76. The molecule has 0 saturated heterocycles. The van der Waals surface area contributed by atoms with Gasteiger partial charge in [0.25, 0.3) is 5.82 Å². The van der Waals surface area contributed by atoms with Gasteiger partial charge in [-0.15, -0.1) is 0 Å². The maximum absolute atomic E-state index is 3.78. The zero-order valence-electron chi connectivity index (χ0n) is 11.6. The van der Waals surface area contributed by atoms with Crippen molar-refractivity contribution in [1.29, 1.82) is 0 Å². The summed E-state index contributed by atoms with van der Waals surface area (Å²) in [6, 6.07) is 8.46.